The summed E-state index contributed by atoms with van der Waals surface area (Å²) in [5.41, 5.74) is 2.22. The minimum absolute atomic E-state index is 0.528. The molecule has 1 nitrogen and oxygen atoms in total. The summed E-state index contributed by atoms with van der Waals surface area (Å²) in [5, 5.41) is 1.01. The zero-order valence-electron chi connectivity index (χ0n) is 14.0. The number of rotatable bonds is 2. The summed E-state index contributed by atoms with van der Waals surface area (Å²) in [7, 11) is 0. The smallest absolute Gasteiger partial charge is 0.344 e. The van der Waals surface area contributed by atoms with Crippen LogP contribution in [0.5, 0.6) is 0 Å². The lowest BCUT2D eigenvalue weighted by Gasteiger charge is -2.14. The minimum Gasteiger partial charge on any atom is -0.344 e. The molecular weight excluding hydrogens is 323 g/mol. The van der Waals surface area contributed by atoms with E-state index in [2.05, 4.69) is 23.6 Å². The van der Waals surface area contributed by atoms with E-state index < -0.39 is 11.7 Å². The van der Waals surface area contributed by atoms with Crippen LogP contribution in [0.15, 0.2) is 48.7 Å². The second-order valence-electron chi connectivity index (χ2n) is 7.06. The first-order valence-corrected chi connectivity index (χ1v) is 8.62. The van der Waals surface area contributed by atoms with E-state index in [1.165, 1.54) is 31.4 Å². The predicted octanol–water partition coefficient (Wildman–Crippen LogP) is 6.49. The van der Waals surface area contributed by atoms with Crippen molar-refractivity contribution < 1.29 is 13.2 Å². The number of alkyl halides is 3. The molecule has 2 unspecified atom stereocenters. The van der Waals surface area contributed by atoms with Gasteiger partial charge in [0.1, 0.15) is 0 Å². The van der Waals surface area contributed by atoms with Gasteiger partial charge in [-0.3, -0.25) is 0 Å². The molecule has 0 saturated heterocycles. The highest BCUT2D eigenvalue weighted by Crippen LogP contribution is 2.37. The Morgan fingerprint density at radius 3 is 2.36 bits per heavy atom. The molecule has 1 radical (unpaired) electrons. The standard InChI is InChI=1S/C21H19F3N/c1-14-2-8-19(12-14)25-11-10-17-13-16(5-9-20(17)25)15-3-6-18(7-4-15)21(22,23)24/h3-7,9,11,13-14,19H,2,8,12H2,1H3. The monoisotopic (exact) mass is 342 g/mol. The summed E-state index contributed by atoms with van der Waals surface area (Å²) in [6.07, 6.45) is 1.36. The zero-order chi connectivity index (χ0) is 17.6. The van der Waals surface area contributed by atoms with E-state index in [1.807, 2.05) is 18.3 Å². The largest absolute Gasteiger partial charge is 0.416 e. The summed E-state index contributed by atoms with van der Waals surface area (Å²) in [4.78, 5) is 0. The number of fused-ring (bicyclic) bond motifs is 1. The van der Waals surface area contributed by atoms with E-state index in [-0.39, 0.29) is 0 Å². The molecule has 0 N–H and O–H groups in total. The van der Waals surface area contributed by atoms with Crippen molar-refractivity contribution in [3.8, 4) is 11.1 Å². The fraction of sp³-hybridized carbons (Fsp3) is 0.333. The van der Waals surface area contributed by atoms with Gasteiger partial charge < -0.3 is 4.57 Å². The second-order valence-corrected chi connectivity index (χ2v) is 7.06. The number of hydrogen-bond donors (Lipinski definition) is 0. The molecule has 2 atom stereocenters. The molecule has 1 aliphatic rings. The normalized spacial score (nSPS) is 21.1. The lowest BCUT2D eigenvalue weighted by molar-refractivity contribution is -0.137. The Bertz CT molecular complexity index is 890. The molecule has 1 fully saturated rings. The van der Waals surface area contributed by atoms with Gasteiger partial charge in [-0.2, -0.15) is 13.2 Å². The van der Waals surface area contributed by atoms with Crippen LogP contribution in [-0.2, 0) is 6.18 Å². The fourth-order valence-corrected chi connectivity index (χ4v) is 3.85. The third-order valence-electron chi connectivity index (χ3n) is 5.24. The maximum absolute atomic E-state index is 12.7. The van der Waals surface area contributed by atoms with Crippen molar-refractivity contribution in [3.63, 3.8) is 0 Å². The van der Waals surface area contributed by atoms with Crippen LogP contribution in [0.1, 0.15) is 37.8 Å². The lowest BCUT2D eigenvalue weighted by atomic mass is 10.0. The van der Waals surface area contributed by atoms with Gasteiger partial charge in [-0.05, 0) is 60.6 Å². The van der Waals surface area contributed by atoms with Gasteiger partial charge in [-0.1, -0.05) is 25.1 Å². The highest BCUT2D eigenvalue weighted by Gasteiger charge is 2.30. The summed E-state index contributed by atoms with van der Waals surface area (Å²) < 4.78 is 40.4. The third kappa shape index (κ3) is 3.06. The van der Waals surface area contributed by atoms with Crippen LogP contribution in [0.4, 0.5) is 13.2 Å². The van der Waals surface area contributed by atoms with Gasteiger partial charge in [0.05, 0.1) is 5.56 Å². The van der Waals surface area contributed by atoms with E-state index >= 15 is 0 Å². The van der Waals surface area contributed by atoms with Gasteiger partial charge in [0, 0.05) is 29.2 Å². The SMILES string of the molecule is CC1CCC(n2c[c]c3cc(-c4ccc(C(F)(F)F)cc4)ccc32)C1. The van der Waals surface area contributed by atoms with Gasteiger partial charge in [0.25, 0.3) is 0 Å². The quantitative estimate of drug-likeness (QED) is 0.502. The van der Waals surface area contributed by atoms with Gasteiger partial charge in [0.2, 0.25) is 0 Å². The van der Waals surface area contributed by atoms with Crippen LogP contribution in [0.2, 0.25) is 0 Å². The molecule has 1 aliphatic carbocycles. The number of nitrogens with zero attached hydrogens (tertiary/aromatic N) is 1. The first-order chi connectivity index (χ1) is 11.9. The van der Waals surface area contributed by atoms with E-state index in [9.17, 15) is 13.2 Å². The summed E-state index contributed by atoms with van der Waals surface area (Å²) >= 11 is 0. The van der Waals surface area contributed by atoms with Crippen LogP contribution in [0.3, 0.4) is 0 Å². The topological polar surface area (TPSA) is 4.93 Å². The molecule has 4 heteroatoms. The minimum atomic E-state index is -4.30. The molecule has 3 aromatic rings. The van der Waals surface area contributed by atoms with Gasteiger partial charge >= 0.3 is 6.18 Å². The molecule has 0 amide bonds. The highest BCUT2D eigenvalue weighted by atomic mass is 19.4. The Morgan fingerprint density at radius 2 is 1.72 bits per heavy atom. The number of hydrogen-bond acceptors (Lipinski definition) is 0. The molecule has 1 aromatic heterocycles. The van der Waals surface area contributed by atoms with Crippen molar-refractivity contribution in [3.05, 3.63) is 60.3 Å². The first-order valence-electron chi connectivity index (χ1n) is 8.62. The molecular formula is C21H19F3N. The van der Waals surface area contributed by atoms with Crippen LogP contribution in [0.25, 0.3) is 22.0 Å². The fourth-order valence-electron chi connectivity index (χ4n) is 3.85. The van der Waals surface area contributed by atoms with Crippen molar-refractivity contribution in [2.45, 2.75) is 38.4 Å². The van der Waals surface area contributed by atoms with E-state index in [4.69, 9.17) is 0 Å². The summed E-state index contributed by atoms with van der Waals surface area (Å²) in [6.45, 7) is 2.29. The Labute approximate surface area is 145 Å². The lowest BCUT2D eigenvalue weighted by Crippen LogP contribution is -2.04. The molecule has 0 spiro atoms. The van der Waals surface area contributed by atoms with E-state index in [1.54, 1.807) is 0 Å². The molecule has 1 saturated carbocycles. The Hall–Kier alpha value is -2.23. The van der Waals surface area contributed by atoms with Gasteiger partial charge in [0.15, 0.2) is 0 Å². The summed E-state index contributed by atoms with van der Waals surface area (Å²) in [6, 6.07) is 15.2. The van der Waals surface area contributed by atoms with Crippen molar-refractivity contribution in [2.75, 3.05) is 0 Å². The van der Waals surface area contributed by atoms with Crippen molar-refractivity contribution in [1.82, 2.24) is 4.57 Å². The first kappa shape index (κ1) is 16.2. The highest BCUT2D eigenvalue weighted by molar-refractivity contribution is 5.85. The van der Waals surface area contributed by atoms with Crippen molar-refractivity contribution in [2.24, 2.45) is 5.92 Å². The van der Waals surface area contributed by atoms with Crippen LogP contribution < -0.4 is 0 Å². The van der Waals surface area contributed by atoms with E-state index in [0.717, 1.165) is 40.1 Å². The van der Waals surface area contributed by atoms with Crippen LogP contribution in [-0.4, -0.2) is 4.57 Å². The number of aromatic nitrogens is 1. The molecule has 1 heterocycles. The molecule has 0 aliphatic heterocycles. The third-order valence-corrected chi connectivity index (χ3v) is 5.24. The molecule has 129 valence electrons. The Balaban J connectivity index is 1.66. The average molecular weight is 342 g/mol. The van der Waals surface area contributed by atoms with Gasteiger partial charge in [-0.25, -0.2) is 0 Å². The molecule has 2 aromatic carbocycles. The van der Waals surface area contributed by atoms with Crippen molar-refractivity contribution in [1.29, 1.82) is 0 Å². The Kier molecular flexibility index (Phi) is 3.86. The molecule has 0 bridgehead atoms. The number of benzene rings is 2. The summed E-state index contributed by atoms with van der Waals surface area (Å²) in [5.74, 6) is 0.758. The van der Waals surface area contributed by atoms with Crippen LogP contribution in [0, 0.1) is 12.0 Å². The van der Waals surface area contributed by atoms with Crippen molar-refractivity contribution >= 4 is 10.9 Å². The van der Waals surface area contributed by atoms with Gasteiger partial charge in [-0.15, -0.1) is 0 Å². The average Bonchev–Trinajstić information content (AvgIpc) is 3.19. The Morgan fingerprint density at radius 1 is 1.00 bits per heavy atom. The molecule has 4 rings (SSSR count). The maximum atomic E-state index is 12.7. The molecule has 25 heavy (non-hydrogen) atoms. The predicted molar refractivity (Wildman–Crippen MR) is 93.3 cm³/mol. The maximum Gasteiger partial charge on any atom is 0.416 e. The second kappa shape index (κ2) is 5.94. The van der Waals surface area contributed by atoms with Crippen LogP contribution >= 0.6 is 0 Å². The zero-order valence-corrected chi connectivity index (χ0v) is 14.0. The van der Waals surface area contributed by atoms with E-state index in [0.29, 0.717) is 6.04 Å². The number of halogens is 3.